The standard InChI is InChI=1S/C56H26N8/c1-60-38-12-10-37(11-13-38)56-44-19-17-41(63-51-20-6-34(31-58)24-45(51)47-26-39(61-2)14-22-53(47)63)28-49(44)55(36-8-4-33(30-57)5-9-36)43-18-16-42(29-50(43)56)64-52-21-7-35(32-59)25-46(52)48-27-40(62-3)15-23-54(48)64/h4-29H. The Bertz CT molecular complexity index is 3710. The molecule has 0 saturated heterocycles. The maximum absolute atomic E-state index is 9.86. The van der Waals surface area contributed by atoms with Gasteiger partial charge in [0.15, 0.2) is 17.1 Å². The van der Waals surface area contributed by atoms with E-state index < -0.39 is 0 Å². The van der Waals surface area contributed by atoms with Crippen molar-refractivity contribution in [2.75, 3.05) is 0 Å². The van der Waals surface area contributed by atoms with Gasteiger partial charge in [0.1, 0.15) is 0 Å². The number of hydrogen-bond donors (Lipinski definition) is 0. The molecule has 0 aliphatic rings. The van der Waals surface area contributed by atoms with E-state index in [4.69, 9.17) is 19.7 Å². The molecule has 8 heteroatoms. The average molecular weight is 811 g/mol. The van der Waals surface area contributed by atoms with Crippen molar-refractivity contribution in [1.82, 2.24) is 9.13 Å². The van der Waals surface area contributed by atoms with Gasteiger partial charge in [-0.25, -0.2) is 14.5 Å². The Morgan fingerprint density at radius 2 is 0.688 bits per heavy atom. The van der Waals surface area contributed by atoms with E-state index in [9.17, 15) is 15.8 Å². The molecule has 8 nitrogen and oxygen atoms in total. The van der Waals surface area contributed by atoms with Crippen LogP contribution < -0.4 is 0 Å². The second-order valence-corrected chi connectivity index (χ2v) is 15.5. The molecule has 0 bridgehead atoms. The van der Waals surface area contributed by atoms with E-state index in [2.05, 4.69) is 78.3 Å². The number of benzene rings is 9. The zero-order valence-electron chi connectivity index (χ0n) is 33.6. The molecule has 64 heavy (non-hydrogen) atoms. The minimum atomic E-state index is 0.510. The molecule has 290 valence electrons. The lowest BCUT2D eigenvalue weighted by Crippen LogP contribution is -1.98. The van der Waals surface area contributed by atoms with Crippen LogP contribution in [-0.2, 0) is 0 Å². The SMILES string of the molecule is [C-]#[N+]c1ccc(-c2c3ccc(-n4c5ccc(C#N)cc5c5cc([N+]#[C-])ccc54)cc3c(-c3ccc(C#N)cc3)c3ccc(-n4c5ccc(C#N)cc5c5cc([N+]#[C-])ccc54)cc23)cc1. The highest BCUT2D eigenvalue weighted by molar-refractivity contribution is 6.23. The van der Waals surface area contributed by atoms with E-state index in [-0.39, 0.29) is 0 Å². The van der Waals surface area contributed by atoms with Crippen molar-refractivity contribution >= 4 is 82.2 Å². The first kappa shape index (κ1) is 37.1. The van der Waals surface area contributed by atoms with Crippen LogP contribution in [0.2, 0.25) is 0 Å². The van der Waals surface area contributed by atoms with E-state index in [1.807, 2.05) is 121 Å². The summed E-state index contributed by atoms with van der Waals surface area (Å²) in [4.78, 5) is 11.1. The van der Waals surface area contributed by atoms with Gasteiger partial charge in [0.05, 0.1) is 76.7 Å². The molecule has 2 aromatic heterocycles. The highest BCUT2D eigenvalue weighted by Crippen LogP contribution is 2.47. The monoisotopic (exact) mass is 810 g/mol. The maximum Gasteiger partial charge on any atom is 0.188 e. The van der Waals surface area contributed by atoms with Gasteiger partial charge in [-0.05, 0) is 152 Å². The summed E-state index contributed by atoms with van der Waals surface area (Å²) in [7, 11) is 0. The lowest BCUT2D eigenvalue weighted by atomic mass is 9.85. The quantitative estimate of drug-likeness (QED) is 0.131. The molecule has 9 aromatic carbocycles. The van der Waals surface area contributed by atoms with E-state index in [0.717, 1.165) is 98.8 Å². The first-order valence-corrected chi connectivity index (χ1v) is 20.2. The van der Waals surface area contributed by atoms with Crippen molar-refractivity contribution in [3.05, 3.63) is 209 Å². The lowest BCUT2D eigenvalue weighted by Gasteiger charge is -2.20. The van der Waals surface area contributed by atoms with Crippen LogP contribution in [0.25, 0.3) is 113 Å². The molecule has 0 amide bonds. The maximum atomic E-state index is 9.86. The van der Waals surface area contributed by atoms with Gasteiger partial charge in [-0.2, -0.15) is 15.8 Å². The minimum absolute atomic E-state index is 0.510. The Balaban J connectivity index is 1.27. The lowest BCUT2D eigenvalue weighted by molar-refractivity contribution is 1.18. The fourth-order valence-electron chi connectivity index (χ4n) is 9.38. The Kier molecular flexibility index (Phi) is 8.31. The summed E-state index contributed by atoms with van der Waals surface area (Å²) in [5.74, 6) is 0. The molecular weight excluding hydrogens is 785 g/mol. The number of rotatable bonds is 4. The third-order valence-electron chi connectivity index (χ3n) is 12.2. The molecule has 0 aliphatic heterocycles. The van der Waals surface area contributed by atoms with Crippen LogP contribution in [0, 0.1) is 53.7 Å². The van der Waals surface area contributed by atoms with Crippen LogP contribution in [0.5, 0.6) is 0 Å². The number of hydrogen-bond acceptors (Lipinski definition) is 3. The molecular formula is C56H26N8. The van der Waals surface area contributed by atoms with Crippen LogP contribution in [0.4, 0.5) is 17.1 Å². The van der Waals surface area contributed by atoms with Crippen LogP contribution in [0.15, 0.2) is 158 Å². The fraction of sp³-hybridized carbons (Fsp3) is 0. The van der Waals surface area contributed by atoms with Crippen molar-refractivity contribution in [1.29, 1.82) is 15.8 Å². The van der Waals surface area contributed by atoms with Crippen LogP contribution in [-0.4, -0.2) is 9.13 Å². The number of nitrogens with zero attached hydrogens (tertiary/aromatic N) is 8. The number of nitriles is 3. The first-order valence-electron chi connectivity index (χ1n) is 20.2. The third kappa shape index (κ3) is 5.57. The molecule has 0 fully saturated rings. The van der Waals surface area contributed by atoms with Crippen molar-refractivity contribution in [2.24, 2.45) is 0 Å². The highest BCUT2D eigenvalue weighted by atomic mass is 15.0. The number of aromatic nitrogens is 2. The van der Waals surface area contributed by atoms with Gasteiger partial charge in [-0.1, -0.05) is 60.7 Å². The smallest absolute Gasteiger partial charge is 0.188 e. The van der Waals surface area contributed by atoms with E-state index in [1.54, 1.807) is 0 Å². The van der Waals surface area contributed by atoms with E-state index in [1.165, 1.54) is 0 Å². The van der Waals surface area contributed by atoms with Crippen LogP contribution in [0.1, 0.15) is 16.7 Å². The predicted octanol–water partition coefficient (Wildman–Crippen LogP) is 14.8. The molecule has 0 aliphatic carbocycles. The zero-order chi connectivity index (χ0) is 43.6. The van der Waals surface area contributed by atoms with Crippen molar-refractivity contribution in [3.63, 3.8) is 0 Å². The molecule has 11 rings (SSSR count). The van der Waals surface area contributed by atoms with Gasteiger partial charge in [-0.3, -0.25) is 0 Å². The van der Waals surface area contributed by atoms with Crippen LogP contribution >= 0.6 is 0 Å². The first-order chi connectivity index (χ1) is 31.4. The summed E-state index contributed by atoms with van der Waals surface area (Å²) in [6.07, 6.45) is 0. The van der Waals surface area contributed by atoms with Crippen LogP contribution in [0.3, 0.4) is 0 Å². The van der Waals surface area contributed by atoms with E-state index in [0.29, 0.717) is 33.8 Å². The Labute approximate surface area is 366 Å². The zero-order valence-corrected chi connectivity index (χ0v) is 33.6. The second-order valence-electron chi connectivity index (χ2n) is 15.5. The minimum Gasteiger partial charge on any atom is -0.309 e. The van der Waals surface area contributed by atoms with Crippen molar-refractivity contribution in [2.45, 2.75) is 0 Å². The normalized spacial score (nSPS) is 11.0. The average Bonchev–Trinajstić information content (AvgIpc) is 3.86. The summed E-state index contributed by atoms with van der Waals surface area (Å²) in [6.45, 7) is 23.2. The Hall–Kier alpha value is -9.96. The largest absolute Gasteiger partial charge is 0.309 e. The predicted molar refractivity (Wildman–Crippen MR) is 254 cm³/mol. The molecule has 11 aromatic rings. The van der Waals surface area contributed by atoms with Crippen molar-refractivity contribution < 1.29 is 0 Å². The van der Waals surface area contributed by atoms with Gasteiger partial charge in [0.25, 0.3) is 0 Å². The van der Waals surface area contributed by atoms with Gasteiger partial charge in [0, 0.05) is 22.1 Å². The van der Waals surface area contributed by atoms with Crippen molar-refractivity contribution in [3.8, 4) is 51.8 Å². The van der Waals surface area contributed by atoms with E-state index >= 15 is 0 Å². The fourth-order valence-corrected chi connectivity index (χ4v) is 9.38. The molecule has 0 saturated carbocycles. The molecule has 0 radical (unpaired) electrons. The highest BCUT2D eigenvalue weighted by Gasteiger charge is 2.22. The Morgan fingerprint density at radius 1 is 0.328 bits per heavy atom. The van der Waals surface area contributed by atoms with Gasteiger partial charge < -0.3 is 9.13 Å². The summed E-state index contributed by atoms with van der Waals surface area (Å²) < 4.78 is 4.36. The summed E-state index contributed by atoms with van der Waals surface area (Å²) in [6, 6.07) is 57.7. The second kappa shape index (κ2) is 14.4. The third-order valence-corrected chi connectivity index (χ3v) is 12.2. The summed E-state index contributed by atoms with van der Waals surface area (Å²) >= 11 is 0. The molecule has 0 spiro atoms. The van der Waals surface area contributed by atoms with Gasteiger partial charge in [-0.15, -0.1) is 0 Å². The molecule has 0 atom stereocenters. The topological polar surface area (TPSA) is 94.3 Å². The van der Waals surface area contributed by atoms with Gasteiger partial charge >= 0.3 is 0 Å². The Morgan fingerprint density at radius 3 is 1.09 bits per heavy atom. The molecule has 0 unspecified atom stereocenters. The van der Waals surface area contributed by atoms with Gasteiger partial charge in [0.2, 0.25) is 0 Å². The summed E-state index contributed by atoms with van der Waals surface area (Å²) in [5.41, 5.74) is 12.3. The summed E-state index contributed by atoms with van der Waals surface area (Å²) in [5, 5.41) is 36.9. The number of fused-ring (bicyclic) bond motifs is 8. The molecule has 0 N–H and O–H groups in total. The molecule has 2 heterocycles.